The maximum absolute atomic E-state index is 12.3. The largest absolute Gasteiger partial charge is 0.494 e. The smallest absolute Gasteiger partial charge is 0.222 e. The molecule has 0 atom stereocenters. The molecular weight excluding hydrogens is 404 g/mol. The van der Waals surface area contributed by atoms with Crippen LogP contribution in [-0.4, -0.2) is 62.0 Å². The van der Waals surface area contributed by atoms with E-state index in [1.165, 1.54) is 11.1 Å². The molecule has 0 aliphatic carbocycles. The van der Waals surface area contributed by atoms with Gasteiger partial charge in [0, 0.05) is 40.0 Å². The topological polar surface area (TPSA) is 59.1 Å². The SMILES string of the molecule is Cc1ccc(OCCCC(=O)N(C)CCN(C)C(=O)CCCOc2ccc(C)cc2)cc1. The van der Waals surface area contributed by atoms with Gasteiger partial charge in [-0.2, -0.15) is 0 Å². The standard InChI is InChI=1S/C26H36N2O4/c1-21-9-13-23(14-10-21)31-19-5-7-25(29)27(3)17-18-28(4)26(30)8-6-20-32-24-15-11-22(2)12-16-24/h9-16H,5-8,17-20H2,1-4H3. The van der Waals surface area contributed by atoms with Crippen LogP contribution in [0.25, 0.3) is 0 Å². The van der Waals surface area contributed by atoms with Crippen molar-refractivity contribution in [2.75, 3.05) is 40.4 Å². The highest BCUT2D eigenvalue weighted by Crippen LogP contribution is 2.13. The van der Waals surface area contributed by atoms with Crippen molar-refractivity contribution < 1.29 is 19.1 Å². The molecule has 0 saturated heterocycles. The fourth-order valence-corrected chi connectivity index (χ4v) is 3.03. The third kappa shape index (κ3) is 9.41. The summed E-state index contributed by atoms with van der Waals surface area (Å²) >= 11 is 0. The van der Waals surface area contributed by atoms with Crippen LogP contribution >= 0.6 is 0 Å². The second-order valence-electron chi connectivity index (χ2n) is 8.16. The average Bonchev–Trinajstić information content (AvgIpc) is 2.79. The van der Waals surface area contributed by atoms with E-state index in [4.69, 9.17) is 9.47 Å². The molecule has 0 bridgehead atoms. The second-order valence-corrected chi connectivity index (χ2v) is 8.16. The van der Waals surface area contributed by atoms with Crippen molar-refractivity contribution in [3.05, 3.63) is 59.7 Å². The predicted molar refractivity (Wildman–Crippen MR) is 127 cm³/mol. The summed E-state index contributed by atoms with van der Waals surface area (Å²) in [6, 6.07) is 15.8. The van der Waals surface area contributed by atoms with Crippen LogP contribution in [0.5, 0.6) is 11.5 Å². The van der Waals surface area contributed by atoms with Crippen LogP contribution in [0.1, 0.15) is 36.8 Å². The van der Waals surface area contributed by atoms with Gasteiger partial charge >= 0.3 is 0 Å². The van der Waals surface area contributed by atoms with Gasteiger partial charge < -0.3 is 19.3 Å². The van der Waals surface area contributed by atoms with Crippen molar-refractivity contribution in [2.24, 2.45) is 0 Å². The molecule has 0 aliphatic heterocycles. The van der Waals surface area contributed by atoms with Crippen molar-refractivity contribution in [3.8, 4) is 11.5 Å². The van der Waals surface area contributed by atoms with Crippen molar-refractivity contribution in [1.82, 2.24) is 9.80 Å². The zero-order valence-corrected chi connectivity index (χ0v) is 19.8. The van der Waals surface area contributed by atoms with Gasteiger partial charge in [-0.3, -0.25) is 9.59 Å². The number of hydrogen-bond acceptors (Lipinski definition) is 4. The quantitative estimate of drug-likeness (QED) is 0.437. The number of hydrogen-bond donors (Lipinski definition) is 0. The number of carbonyl (C=O) groups excluding carboxylic acids is 2. The number of nitrogens with zero attached hydrogens (tertiary/aromatic N) is 2. The van der Waals surface area contributed by atoms with Gasteiger partial charge in [-0.25, -0.2) is 0 Å². The summed E-state index contributed by atoms with van der Waals surface area (Å²) in [5, 5.41) is 0. The number of likely N-dealkylation sites (N-methyl/N-ethyl adjacent to an activating group) is 2. The molecule has 0 saturated carbocycles. The number of carbonyl (C=O) groups is 2. The van der Waals surface area contributed by atoms with Crippen LogP contribution in [0.2, 0.25) is 0 Å². The number of rotatable bonds is 13. The normalized spacial score (nSPS) is 10.5. The Balaban J connectivity index is 1.55. The first-order valence-corrected chi connectivity index (χ1v) is 11.2. The van der Waals surface area contributed by atoms with Crippen LogP contribution in [0.4, 0.5) is 0 Å². The van der Waals surface area contributed by atoms with Gasteiger partial charge in [-0.05, 0) is 51.0 Å². The Labute approximate surface area is 192 Å². The van der Waals surface area contributed by atoms with Gasteiger partial charge in [0.05, 0.1) is 13.2 Å². The minimum Gasteiger partial charge on any atom is -0.494 e. The first kappa shape index (κ1) is 25.2. The van der Waals surface area contributed by atoms with E-state index in [0.29, 0.717) is 52.0 Å². The van der Waals surface area contributed by atoms with Crippen LogP contribution in [0, 0.1) is 13.8 Å². The second kappa shape index (κ2) is 13.4. The Morgan fingerprint density at radius 2 is 1.00 bits per heavy atom. The summed E-state index contributed by atoms with van der Waals surface area (Å²) in [5.74, 6) is 1.76. The number of ether oxygens (including phenoxy) is 2. The minimum absolute atomic E-state index is 0.0600. The van der Waals surface area contributed by atoms with E-state index < -0.39 is 0 Å². The lowest BCUT2D eigenvalue weighted by Gasteiger charge is -2.22. The molecule has 0 aromatic heterocycles. The Bertz CT molecular complexity index is 762. The Morgan fingerprint density at radius 1 is 0.656 bits per heavy atom. The van der Waals surface area contributed by atoms with Gasteiger partial charge in [0.15, 0.2) is 0 Å². The highest BCUT2D eigenvalue weighted by molar-refractivity contribution is 5.77. The zero-order chi connectivity index (χ0) is 23.3. The van der Waals surface area contributed by atoms with Gasteiger partial charge in [-0.15, -0.1) is 0 Å². The lowest BCUT2D eigenvalue weighted by molar-refractivity contribution is -0.133. The Kier molecular flexibility index (Phi) is 10.6. The average molecular weight is 441 g/mol. The molecule has 32 heavy (non-hydrogen) atoms. The van der Waals surface area contributed by atoms with Gasteiger partial charge in [0.1, 0.15) is 11.5 Å². The van der Waals surface area contributed by atoms with E-state index in [1.54, 1.807) is 23.9 Å². The summed E-state index contributed by atoms with van der Waals surface area (Å²) in [4.78, 5) is 28.0. The molecule has 6 nitrogen and oxygen atoms in total. The molecule has 2 rings (SSSR count). The minimum atomic E-state index is 0.0600. The summed E-state index contributed by atoms with van der Waals surface area (Å²) in [6.45, 7) is 6.10. The van der Waals surface area contributed by atoms with Crippen molar-refractivity contribution in [3.63, 3.8) is 0 Å². The molecule has 2 amide bonds. The van der Waals surface area contributed by atoms with Crippen molar-refractivity contribution >= 4 is 11.8 Å². The molecular formula is C26H36N2O4. The van der Waals surface area contributed by atoms with Crippen LogP contribution in [0.15, 0.2) is 48.5 Å². The molecule has 0 spiro atoms. The Hall–Kier alpha value is -3.02. The maximum Gasteiger partial charge on any atom is 0.222 e. The number of aryl methyl sites for hydroxylation is 2. The van der Waals surface area contributed by atoms with Crippen molar-refractivity contribution in [1.29, 1.82) is 0 Å². The number of amides is 2. The Morgan fingerprint density at radius 3 is 1.34 bits per heavy atom. The van der Waals surface area contributed by atoms with E-state index in [0.717, 1.165) is 11.5 Å². The van der Waals surface area contributed by atoms with E-state index >= 15 is 0 Å². The number of benzene rings is 2. The summed E-state index contributed by atoms with van der Waals surface area (Å²) in [6.07, 6.45) is 2.17. The first-order valence-electron chi connectivity index (χ1n) is 11.2. The van der Waals surface area contributed by atoms with Crippen LogP contribution in [-0.2, 0) is 9.59 Å². The van der Waals surface area contributed by atoms with Crippen LogP contribution < -0.4 is 9.47 Å². The molecule has 174 valence electrons. The predicted octanol–water partition coefficient (Wildman–Crippen LogP) is 4.24. The van der Waals surface area contributed by atoms with E-state index in [-0.39, 0.29) is 11.8 Å². The molecule has 0 heterocycles. The lowest BCUT2D eigenvalue weighted by atomic mass is 10.2. The molecule has 2 aromatic rings. The highest BCUT2D eigenvalue weighted by atomic mass is 16.5. The molecule has 0 aliphatic rings. The molecule has 0 N–H and O–H groups in total. The van der Waals surface area contributed by atoms with E-state index in [1.807, 2.05) is 62.4 Å². The molecule has 2 aromatic carbocycles. The molecule has 0 radical (unpaired) electrons. The first-order chi connectivity index (χ1) is 15.3. The maximum atomic E-state index is 12.3. The highest BCUT2D eigenvalue weighted by Gasteiger charge is 2.13. The van der Waals surface area contributed by atoms with Gasteiger partial charge in [0.25, 0.3) is 0 Å². The van der Waals surface area contributed by atoms with Crippen LogP contribution in [0.3, 0.4) is 0 Å². The summed E-state index contributed by atoms with van der Waals surface area (Å²) < 4.78 is 11.3. The third-order valence-corrected chi connectivity index (χ3v) is 5.27. The summed E-state index contributed by atoms with van der Waals surface area (Å²) in [7, 11) is 3.55. The van der Waals surface area contributed by atoms with Gasteiger partial charge in [-0.1, -0.05) is 35.4 Å². The lowest BCUT2D eigenvalue weighted by Crippen LogP contribution is -2.37. The van der Waals surface area contributed by atoms with E-state index in [2.05, 4.69) is 0 Å². The molecule has 0 fully saturated rings. The third-order valence-electron chi connectivity index (χ3n) is 5.27. The molecule has 0 unspecified atom stereocenters. The fraction of sp³-hybridized carbons (Fsp3) is 0.462. The molecule has 6 heteroatoms. The fourth-order valence-electron chi connectivity index (χ4n) is 3.03. The monoisotopic (exact) mass is 440 g/mol. The zero-order valence-electron chi connectivity index (χ0n) is 19.8. The van der Waals surface area contributed by atoms with E-state index in [9.17, 15) is 9.59 Å². The van der Waals surface area contributed by atoms with Gasteiger partial charge in [0.2, 0.25) is 11.8 Å². The summed E-state index contributed by atoms with van der Waals surface area (Å²) in [5.41, 5.74) is 2.38. The van der Waals surface area contributed by atoms with Crippen molar-refractivity contribution in [2.45, 2.75) is 39.5 Å².